The van der Waals surface area contributed by atoms with Crippen molar-refractivity contribution in [3.63, 3.8) is 0 Å². The van der Waals surface area contributed by atoms with E-state index in [1.54, 1.807) is 0 Å². The third-order valence-electron chi connectivity index (χ3n) is 4.02. The first-order chi connectivity index (χ1) is 10.3. The summed E-state index contributed by atoms with van der Waals surface area (Å²) in [4.78, 5) is 4.42. The van der Waals surface area contributed by atoms with Crippen molar-refractivity contribution in [1.82, 2.24) is 4.98 Å². The Morgan fingerprint density at radius 3 is 2.76 bits per heavy atom. The van der Waals surface area contributed by atoms with E-state index in [0.717, 1.165) is 37.3 Å². The van der Waals surface area contributed by atoms with Gasteiger partial charge in [0, 0.05) is 24.8 Å². The molecule has 112 valence electrons. The van der Waals surface area contributed by atoms with Crippen LogP contribution in [0, 0.1) is 5.92 Å². The SMILES string of the molecule is CC(C)COc1nccc2c(C3CCOCC3)cccc12. The second-order valence-electron chi connectivity index (χ2n) is 6.15. The third-order valence-corrected chi connectivity index (χ3v) is 4.02. The molecule has 2 aromatic rings. The quantitative estimate of drug-likeness (QED) is 0.845. The van der Waals surface area contributed by atoms with Crippen LogP contribution >= 0.6 is 0 Å². The lowest BCUT2D eigenvalue weighted by atomic mass is 9.88. The van der Waals surface area contributed by atoms with Gasteiger partial charge in [-0.15, -0.1) is 0 Å². The summed E-state index contributed by atoms with van der Waals surface area (Å²) in [5.74, 6) is 1.85. The summed E-state index contributed by atoms with van der Waals surface area (Å²) in [6.07, 6.45) is 4.06. The standard InChI is InChI=1S/C18H23NO2/c1-13(2)12-21-18-17-5-3-4-15(16(17)6-9-19-18)14-7-10-20-11-8-14/h3-6,9,13-14H,7-8,10-12H2,1-2H3. The average Bonchev–Trinajstić information content (AvgIpc) is 2.53. The van der Waals surface area contributed by atoms with Gasteiger partial charge in [-0.25, -0.2) is 4.98 Å². The molecular weight excluding hydrogens is 262 g/mol. The largest absolute Gasteiger partial charge is 0.477 e. The summed E-state index contributed by atoms with van der Waals surface area (Å²) in [6.45, 7) is 6.73. The Morgan fingerprint density at radius 2 is 2.00 bits per heavy atom. The van der Waals surface area contributed by atoms with Crippen LogP contribution in [0.3, 0.4) is 0 Å². The number of nitrogens with zero attached hydrogens (tertiary/aromatic N) is 1. The highest BCUT2D eigenvalue weighted by atomic mass is 16.5. The normalized spacial score (nSPS) is 16.5. The number of pyridine rings is 1. The smallest absolute Gasteiger partial charge is 0.221 e. The van der Waals surface area contributed by atoms with Crippen LogP contribution in [0.4, 0.5) is 0 Å². The van der Waals surface area contributed by atoms with Gasteiger partial charge in [-0.1, -0.05) is 26.0 Å². The Morgan fingerprint density at radius 1 is 1.19 bits per heavy atom. The highest BCUT2D eigenvalue weighted by Gasteiger charge is 2.19. The topological polar surface area (TPSA) is 31.4 Å². The van der Waals surface area contributed by atoms with E-state index in [1.807, 2.05) is 6.20 Å². The van der Waals surface area contributed by atoms with E-state index in [1.165, 1.54) is 10.9 Å². The zero-order valence-corrected chi connectivity index (χ0v) is 12.8. The summed E-state index contributed by atoms with van der Waals surface area (Å²) < 4.78 is 11.4. The van der Waals surface area contributed by atoms with Crippen LogP contribution in [0.15, 0.2) is 30.5 Å². The van der Waals surface area contributed by atoms with E-state index in [4.69, 9.17) is 9.47 Å². The van der Waals surface area contributed by atoms with E-state index in [2.05, 4.69) is 43.1 Å². The number of benzene rings is 1. The minimum atomic E-state index is 0.501. The number of ether oxygens (including phenoxy) is 2. The average molecular weight is 285 g/mol. The lowest BCUT2D eigenvalue weighted by molar-refractivity contribution is 0.0856. The molecule has 0 spiro atoms. The molecule has 1 aliphatic heterocycles. The number of aromatic nitrogens is 1. The second kappa shape index (κ2) is 6.44. The van der Waals surface area contributed by atoms with Gasteiger partial charge < -0.3 is 9.47 Å². The van der Waals surface area contributed by atoms with Crippen molar-refractivity contribution in [2.45, 2.75) is 32.6 Å². The molecule has 2 heterocycles. The molecule has 1 fully saturated rings. The van der Waals surface area contributed by atoms with E-state index in [9.17, 15) is 0 Å². The van der Waals surface area contributed by atoms with Gasteiger partial charge in [0.25, 0.3) is 0 Å². The first-order valence-corrected chi connectivity index (χ1v) is 7.84. The summed E-state index contributed by atoms with van der Waals surface area (Å²) >= 11 is 0. The van der Waals surface area contributed by atoms with Crippen molar-refractivity contribution in [3.8, 4) is 5.88 Å². The molecule has 21 heavy (non-hydrogen) atoms. The molecule has 0 amide bonds. The molecule has 0 saturated carbocycles. The van der Waals surface area contributed by atoms with Crippen molar-refractivity contribution in [2.75, 3.05) is 19.8 Å². The zero-order chi connectivity index (χ0) is 14.7. The third kappa shape index (κ3) is 3.18. The van der Waals surface area contributed by atoms with Gasteiger partial charge in [-0.2, -0.15) is 0 Å². The van der Waals surface area contributed by atoms with Gasteiger partial charge in [-0.3, -0.25) is 0 Å². The Hall–Kier alpha value is -1.61. The van der Waals surface area contributed by atoms with Gasteiger partial charge in [0.15, 0.2) is 0 Å². The monoisotopic (exact) mass is 285 g/mol. The summed E-state index contributed by atoms with van der Waals surface area (Å²) in [6, 6.07) is 8.59. The van der Waals surface area contributed by atoms with E-state index >= 15 is 0 Å². The summed E-state index contributed by atoms with van der Waals surface area (Å²) in [5, 5.41) is 2.40. The highest BCUT2D eigenvalue weighted by molar-refractivity contribution is 5.89. The van der Waals surface area contributed by atoms with Crippen LogP contribution in [0.5, 0.6) is 5.88 Å². The molecule has 3 rings (SSSR count). The van der Waals surface area contributed by atoms with Crippen LogP contribution in [-0.2, 0) is 4.74 Å². The maximum absolute atomic E-state index is 5.89. The second-order valence-corrected chi connectivity index (χ2v) is 6.15. The number of rotatable bonds is 4. The lowest BCUT2D eigenvalue weighted by Crippen LogP contribution is -2.14. The molecule has 0 aliphatic carbocycles. The first-order valence-electron chi connectivity index (χ1n) is 7.84. The van der Waals surface area contributed by atoms with E-state index in [-0.39, 0.29) is 0 Å². The number of fused-ring (bicyclic) bond motifs is 1. The Kier molecular flexibility index (Phi) is 4.39. The molecule has 0 bridgehead atoms. The van der Waals surface area contributed by atoms with Crippen molar-refractivity contribution < 1.29 is 9.47 Å². The molecule has 1 saturated heterocycles. The van der Waals surface area contributed by atoms with Crippen molar-refractivity contribution in [1.29, 1.82) is 0 Å². The molecule has 0 N–H and O–H groups in total. The van der Waals surface area contributed by atoms with Crippen LogP contribution < -0.4 is 4.74 Å². The predicted octanol–water partition coefficient (Wildman–Crippen LogP) is 4.16. The van der Waals surface area contributed by atoms with Gasteiger partial charge in [0.1, 0.15) is 0 Å². The maximum Gasteiger partial charge on any atom is 0.221 e. The molecule has 1 aromatic carbocycles. The zero-order valence-electron chi connectivity index (χ0n) is 12.8. The fourth-order valence-corrected chi connectivity index (χ4v) is 2.93. The maximum atomic E-state index is 5.89. The summed E-state index contributed by atoms with van der Waals surface area (Å²) in [5.41, 5.74) is 1.41. The minimum absolute atomic E-state index is 0.501. The van der Waals surface area contributed by atoms with Gasteiger partial charge in [-0.05, 0) is 47.8 Å². The van der Waals surface area contributed by atoms with Crippen LogP contribution in [0.1, 0.15) is 38.2 Å². The molecule has 0 unspecified atom stereocenters. The van der Waals surface area contributed by atoms with Crippen LogP contribution in [0.2, 0.25) is 0 Å². The fourth-order valence-electron chi connectivity index (χ4n) is 2.93. The molecule has 1 aromatic heterocycles. The Bertz CT molecular complexity index is 603. The molecule has 0 radical (unpaired) electrons. The number of hydrogen-bond acceptors (Lipinski definition) is 3. The summed E-state index contributed by atoms with van der Waals surface area (Å²) in [7, 11) is 0. The molecule has 1 aliphatic rings. The first kappa shape index (κ1) is 14.3. The van der Waals surface area contributed by atoms with E-state index in [0.29, 0.717) is 18.4 Å². The van der Waals surface area contributed by atoms with Crippen LogP contribution in [0.25, 0.3) is 10.8 Å². The van der Waals surface area contributed by atoms with Gasteiger partial charge >= 0.3 is 0 Å². The van der Waals surface area contributed by atoms with E-state index < -0.39 is 0 Å². The fraction of sp³-hybridized carbons (Fsp3) is 0.500. The predicted molar refractivity (Wildman–Crippen MR) is 84.9 cm³/mol. The molecular formula is C18H23NO2. The Labute approximate surface area is 126 Å². The Balaban J connectivity index is 1.97. The van der Waals surface area contributed by atoms with Gasteiger partial charge in [0.05, 0.1) is 6.61 Å². The number of hydrogen-bond donors (Lipinski definition) is 0. The molecule has 0 atom stereocenters. The van der Waals surface area contributed by atoms with Crippen molar-refractivity contribution in [3.05, 3.63) is 36.0 Å². The van der Waals surface area contributed by atoms with Crippen molar-refractivity contribution >= 4 is 10.8 Å². The lowest BCUT2D eigenvalue weighted by Gasteiger charge is -2.24. The highest BCUT2D eigenvalue weighted by Crippen LogP contribution is 2.34. The van der Waals surface area contributed by atoms with Crippen LogP contribution in [-0.4, -0.2) is 24.8 Å². The molecule has 3 heteroatoms. The van der Waals surface area contributed by atoms with Crippen molar-refractivity contribution in [2.24, 2.45) is 5.92 Å². The minimum Gasteiger partial charge on any atom is -0.477 e. The molecule has 3 nitrogen and oxygen atoms in total. The van der Waals surface area contributed by atoms with Gasteiger partial charge in [0.2, 0.25) is 5.88 Å².